The molecule has 4 heteroatoms. The molecule has 1 fully saturated rings. The van der Waals surface area contributed by atoms with Gasteiger partial charge in [0.1, 0.15) is 0 Å². The molecule has 74 valence electrons. The third-order valence-corrected chi connectivity index (χ3v) is 2.12. The summed E-state index contributed by atoms with van der Waals surface area (Å²) in [7, 11) is 1.22. The maximum absolute atomic E-state index is 11.1. The van der Waals surface area contributed by atoms with Crippen molar-refractivity contribution >= 4 is 5.97 Å². The Morgan fingerprint density at radius 1 is 1.85 bits per heavy atom. The number of methoxy groups -OCH3 is 1. The van der Waals surface area contributed by atoms with E-state index in [1.165, 1.54) is 7.11 Å². The molecule has 0 bridgehead atoms. The molecule has 0 saturated carbocycles. The Morgan fingerprint density at radius 2 is 2.54 bits per heavy atom. The lowest BCUT2D eigenvalue weighted by Crippen LogP contribution is -2.47. The molecule has 0 radical (unpaired) electrons. The van der Waals surface area contributed by atoms with Gasteiger partial charge in [0, 0.05) is 6.42 Å². The quantitative estimate of drug-likeness (QED) is 0.507. The molecule has 1 saturated heterocycles. The van der Waals surface area contributed by atoms with Gasteiger partial charge >= 0.3 is 5.97 Å². The second-order valence-electron chi connectivity index (χ2n) is 3.06. The van der Waals surface area contributed by atoms with Gasteiger partial charge in [-0.2, -0.15) is 0 Å². The van der Waals surface area contributed by atoms with E-state index in [1.54, 1.807) is 6.08 Å². The Balaban J connectivity index is 2.67. The number of ether oxygens (including phenoxy) is 2. The Morgan fingerprint density at radius 3 is 3.08 bits per heavy atom. The lowest BCUT2D eigenvalue weighted by molar-refractivity contribution is -0.250. The molecule has 2 unspecified atom stereocenters. The highest BCUT2D eigenvalue weighted by Crippen LogP contribution is 2.27. The van der Waals surface area contributed by atoms with Crippen LogP contribution >= 0.6 is 0 Å². The van der Waals surface area contributed by atoms with Crippen molar-refractivity contribution in [3.63, 3.8) is 0 Å². The monoisotopic (exact) mass is 186 g/mol. The van der Waals surface area contributed by atoms with Gasteiger partial charge in [0.2, 0.25) is 0 Å². The molecule has 1 heterocycles. The Bertz CT molecular complexity index is 214. The summed E-state index contributed by atoms with van der Waals surface area (Å²) in [5, 5.41) is 9.70. The van der Waals surface area contributed by atoms with E-state index in [9.17, 15) is 9.90 Å². The molecule has 2 atom stereocenters. The molecule has 1 aliphatic rings. The molecule has 0 aromatic heterocycles. The molecule has 0 amide bonds. The van der Waals surface area contributed by atoms with Crippen molar-refractivity contribution in [1.82, 2.24) is 0 Å². The first-order chi connectivity index (χ1) is 6.12. The number of rotatable bonds is 2. The van der Waals surface area contributed by atoms with Gasteiger partial charge in [-0.1, -0.05) is 6.08 Å². The van der Waals surface area contributed by atoms with Gasteiger partial charge in [0.25, 0.3) is 5.79 Å². The second-order valence-corrected chi connectivity index (χ2v) is 3.06. The SMILES string of the molecule is C=CC1CCCC(O)(C(=O)OC)O1. The lowest BCUT2D eigenvalue weighted by Gasteiger charge is -2.33. The van der Waals surface area contributed by atoms with E-state index in [0.717, 1.165) is 12.8 Å². The van der Waals surface area contributed by atoms with Crippen molar-refractivity contribution in [1.29, 1.82) is 0 Å². The summed E-state index contributed by atoms with van der Waals surface area (Å²) in [4.78, 5) is 11.1. The normalized spacial score (nSPS) is 33.8. The fourth-order valence-electron chi connectivity index (χ4n) is 1.39. The summed E-state index contributed by atoms with van der Waals surface area (Å²) in [6.07, 6.45) is 3.10. The maximum Gasteiger partial charge on any atom is 0.366 e. The lowest BCUT2D eigenvalue weighted by atomic mass is 10.0. The molecule has 0 spiro atoms. The van der Waals surface area contributed by atoms with E-state index >= 15 is 0 Å². The van der Waals surface area contributed by atoms with Crippen LogP contribution in [0.3, 0.4) is 0 Å². The van der Waals surface area contributed by atoms with E-state index in [4.69, 9.17) is 4.74 Å². The van der Waals surface area contributed by atoms with Gasteiger partial charge in [-0.25, -0.2) is 4.79 Å². The summed E-state index contributed by atoms with van der Waals surface area (Å²) >= 11 is 0. The van der Waals surface area contributed by atoms with Gasteiger partial charge in [0.05, 0.1) is 13.2 Å². The van der Waals surface area contributed by atoms with Gasteiger partial charge in [0.15, 0.2) is 0 Å². The van der Waals surface area contributed by atoms with Crippen LogP contribution in [0.15, 0.2) is 12.7 Å². The summed E-state index contributed by atoms with van der Waals surface area (Å²) in [5.74, 6) is -2.51. The molecule has 1 aliphatic heterocycles. The van der Waals surface area contributed by atoms with Crippen LogP contribution in [0.1, 0.15) is 19.3 Å². The molecule has 1 rings (SSSR count). The van der Waals surface area contributed by atoms with Crippen molar-refractivity contribution < 1.29 is 19.4 Å². The van der Waals surface area contributed by atoms with Gasteiger partial charge in [-0.15, -0.1) is 6.58 Å². The van der Waals surface area contributed by atoms with Crippen molar-refractivity contribution in [2.24, 2.45) is 0 Å². The summed E-state index contributed by atoms with van der Waals surface area (Å²) in [5.41, 5.74) is 0. The van der Waals surface area contributed by atoms with Crippen LogP contribution in [0.5, 0.6) is 0 Å². The van der Waals surface area contributed by atoms with E-state index in [0.29, 0.717) is 0 Å². The van der Waals surface area contributed by atoms with Crippen LogP contribution in [0, 0.1) is 0 Å². The minimum absolute atomic E-state index is 0.266. The fourth-order valence-corrected chi connectivity index (χ4v) is 1.39. The third kappa shape index (κ3) is 2.08. The largest absolute Gasteiger partial charge is 0.465 e. The number of carbonyl (C=O) groups is 1. The van der Waals surface area contributed by atoms with Crippen molar-refractivity contribution in [3.8, 4) is 0 Å². The first-order valence-corrected chi connectivity index (χ1v) is 4.23. The van der Waals surface area contributed by atoms with E-state index in [2.05, 4.69) is 11.3 Å². The maximum atomic E-state index is 11.1. The predicted octanol–water partition coefficient (Wildman–Crippen LogP) is 0.603. The Labute approximate surface area is 77.1 Å². The van der Waals surface area contributed by atoms with Gasteiger partial charge in [-0.05, 0) is 12.8 Å². The zero-order valence-corrected chi connectivity index (χ0v) is 7.66. The third-order valence-electron chi connectivity index (χ3n) is 2.12. The highest BCUT2D eigenvalue weighted by molar-refractivity contribution is 5.77. The minimum Gasteiger partial charge on any atom is -0.465 e. The van der Waals surface area contributed by atoms with Gasteiger partial charge < -0.3 is 14.6 Å². The first-order valence-electron chi connectivity index (χ1n) is 4.23. The van der Waals surface area contributed by atoms with E-state index < -0.39 is 11.8 Å². The van der Waals surface area contributed by atoms with Crippen LogP contribution < -0.4 is 0 Å². The molecular formula is C9H14O4. The number of hydrogen-bond acceptors (Lipinski definition) is 4. The molecule has 0 aromatic rings. The average Bonchev–Trinajstić information content (AvgIpc) is 2.16. The summed E-state index contributed by atoms with van der Waals surface area (Å²) in [6.45, 7) is 3.55. The van der Waals surface area contributed by atoms with E-state index in [-0.39, 0.29) is 12.5 Å². The predicted molar refractivity (Wildman–Crippen MR) is 45.9 cm³/mol. The second kappa shape index (κ2) is 3.89. The van der Waals surface area contributed by atoms with Crippen LogP contribution in [-0.2, 0) is 14.3 Å². The smallest absolute Gasteiger partial charge is 0.366 e. The average molecular weight is 186 g/mol. The van der Waals surface area contributed by atoms with Crippen LogP contribution in [0.4, 0.5) is 0 Å². The number of esters is 1. The first kappa shape index (κ1) is 10.2. The summed E-state index contributed by atoms with van der Waals surface area (Å²) < 4.78 is 9.58. The minimum atomic E-state index is -1.77. The fraction of sp³-hybridized carbons (Fsp3) is 0.667. The highest BCUT2D eigenvalue weighted by Gasteiger charge is 2.42. The molecule has 0 aliphatic carbocycles. The van der Waals surface area contributed by atoms with Gasteiger partial charge in [-0.3, -0.25) is 0 Å². The van der Waals surface area contributed by atoms with E-state index in [1.807, 2.05) is 0 Å². The molecular weight excluding hydrogens is 172 g/mol. The Hall–Kier alpha value is -0.870. The Kier molecular flexibility index (Phi) is 3.06. The van der Waals surface area contributed by atoms with Crippen LogP contribution in [0.2, 0.25) is 0 Å². The number of hydrogen-bond donors (Lipinski definition) is 1. The number of aliphatic hydroxyl groups is 1. The van der Waals surface area contributed by atoms with Crippen LogP contribution in [-0.4, -0.2) is 30.1 Å². The molecule has 13 heavy (non-hydrogen) atoms. The molecule has 0 aromatic carbocycles. The topological polar surface area (TPSA) is 55.8 Å². The summed E-state index contributed by atoms with van der Waals surface area (Å²) in [6, 6.07) is 0. The standard InChI is InChI=1S/C9H14O4/c1-3-7-5-4-6-9(11,13-7)8(10)12-2/h3,7,11H,1,4-6H2,2H3. The van der Waals surface area contributed by atoms with Crippen molar-refractivity contribution in [2.45, 2.75) is 31.2 Å². The van der Waals surface area contributed by atoms with Crippen LogP contribution in [0.25, 0.3) is 0 Å². The van der Waals surface area contributed by atoms with Crippen molar-refractivity contribution in [3.05, 3.63) is 12.7 Å². The zero-order chi connectivity index (χ0) is 9.90. The molecule has 4 nitrogen and oxygen atoms in total. The highest BCUT2D eigenvalue weighted by atomic mass is 16.7. The number of carbonyl (C=O) groups excluding carboxylic acids is 1. The van der Waals surface area contributed by atoms with Crippen molar-refractivity contribution in [2.75, 3.05) is 7.11 Å². The zero-order valence-electron chi connectivity index (χ0n) is 7.66. The molecule has 1 N–H and O–H groups in total.